The summed E-state index contributed by atoms with van der Waals surface area (Å²) in [6.45, 7) is 2.33. The van der Waals surface area contributed by atoms with Gasteiger partial charge >= 0.3 is 0 Å². The number of nitrogens with one attached hydrogen (secondary N) is 1. The third kappa shape index (κ3) is 3.87. The summed E-state index contributed by atoms with van der Waals surface area (Å²) in [5.74, 6) is 3.09. The first-order valence-electron chi connectivity index (χ1n) is 11.4. The molecule has 0 radical (unpaired) electrons. The Kier molecular flexibility index (Phi) is 5.25. The number of thioether (sulfide) groups is 1. The SMILES string of the molecule is COc1cccc(NC(=O)CSc2nnc3c4c5c(sc4nc(C4CC4)n23)C[C@H](C)CC5)c1. The molecule has 33 heavy (non-hydrogen) atoms. The zero-order valence-corrected chi connectivity index (χ0v) is 20.3. The number of nitrogens with zero attached hydrogens (tertiary/aromatic N) is 4. The van der Waals surface area contributed by atoms with E-state index >= 15 is 0 Å². The number of amides is 1. The van der Waals surface area contributed by atoms with Crippen LogP contribution in [0.5, 0.6) is 5.75 Å². The number of aromatic nitrogens is 4. The highest BCUT2D eigenvalue weighted by Crippen LogP contribution is 2.44. The van der Waals surface area contributed by atoms with E-state index in [1.54, 1.807) is 7.11 Å². The molecule has 6 rings (SSSR count). The summed E-state index contributed by atoms with van der Waals surface area (Å²) in [7, 11) is 1.61. The number of aryl methyl sites for hydroxylation is 1. The summed E-state index contributed by atoms with van der Waals surface area (Å²) in [5.41, 5.74) is 3.03. The van der Waals surface area contributed by atoms with Gasteiger partial charge in [0.15, 0.2) is 10.8 Å². The van der Waals surface area contributed by atoms with E-state index in [0.717, 1.165) is 53.1 Å². The fourth-order valence-electron chi connectivity index (χ4n) is 4.58. The van der Waals surface area contributed by atoms with E-state index < -0.39 is 0 Å². The van der Waals surface area contributed by atoms with Crippen molar-refractivity contribution in [2.75, 3.05) is 18.2 Å². The van der Waals surface area contributed by atoms with Gasteiger partial charge in [-0.2, -0.15) is 0 Å². The van der Waals surface area contributed by atoms with Crippen molar-refractivity contribution >= 4 is 50.6 Å². The zero-order valence-electron chi connectivity index (χ0n) is 18.6. The van der Waals surface area contributed by atoms with Gasteiger partial charge in [0.25, 0.3) is 0 Å². The Morgan fingerprint density at radius 2 is 2.18 bits per heavy atom. The Hall–Kier alpha value is -2.65. The van der Waals surface area contributed by atoms with E-state index in [9.17, 15) is 4.79 Å². The highest BCUT2D eigenvalue weighted by atomic mass is 32.2. The Labute approximate surface area is 200 Å². The molecule has 2 aliphatic rings. The first-order valence-corrected chi connectivity index (χ1v) is 13.2. The number of hydrogen-bond donors (Lipinski definition) is 1. The van der Waals surface area contributed by atoms with Crippen LogP contribution < -0.4 is 10.1 Å². The van der Waals surface area contributed by atoms with Gasteiger partial charge in [-0.3, -0.25) is 9.20 Å². The predicted octanol–water partition coefficient (Wildman–Crippen LogP) is 5.08. The van der Waals surface area contributed by atoms with E-state index in [0.29, 0.717) is 17.4 Å². The molecule has 1 saturated carbocycles. The number of thiophene rings is 1. The van der Waals surface area contributed by atoms with Crippen LogP contribution in [0.4, 0.5) is 5.69 Å². The minimum absolute atomic E-state index is 0.0890. The lowest BCUT2D eigenvalue weighted by Crippen LogP contribution is -2.14. The van der Waals surface area contributed by atoms with Crippen LogP contribution in [0, 0.1) is 5.92 Å². The second kappa shape index (κ2) is 8.29. The normalized spacial score (nSPS) is 17.9. The van der Waals surface area contributed by atoms with Crippen molar-refractivity contribution in [2.24, 2.45) is 5.92 Å². The highest BCUT2D eigenvalue weighted by molar-refractivity contribution is 7.99. The lowest BCUT2D eigenvalue weighted by Gasteiger charge is -2.17. The van der Waals surface area contributed by atoms with Crippen molar-refractivity contribution in [1.82, 2.24) is 19.6 Å². The monoisotopic (exact) mass is 479 g/mol. The lowest BCUT2D eigenvalue weighted by atomic mass is 9.89. The van der Waals surface area contributed by atoms with E-state index in [1.807, 2.05) is 35.6 Å². The van der Waals surface area contributed by atoms with E-state index in [4.69, 9.17) is 9.72 Å². The van der Waals surface area contributed by atoms with Crippen LogP contribution in [-0.2, 0) is 17.6 Å². The summed E-state index contributed by atoms with van der Waals surface area (Å²) in [6.07, 6.45) is 5.70. The van der Waals surface area contributed by atoms with Crippen LogP contribution in [0.3, 0.4) is 0 Å². The van der Waals surface area contributed by atoms with Gasteiger partial charge in [-0.05, 0) is 55.7 Å². The first kappa shape index (κ1) is 20.9. The molecule has 9 heteroatoms. The van der Waals surface area contributed by atoms with Crippen LogP contribution in [0.2, 0.25) is 0 Å². The molecule has 0 saturated heterocycles. The van der Waals surface area contributed by atoms with Gasteiger partial charge in [0, 0.05) is 22.5 Å². The number of benzene rings is 1. The average Bonchev–Trinajstić information content (AvgIpc) is 3.47. The largest absolute Gasteiger partial charge is 0.497 e. The van der Waals surface area contributed by atoms with Gasteiger partial charge in [-0.1, -0.05) is 24.8 Å². The van der Waals surface area contributed by atoms with Crippen molar-refractivity contribution in [2.45, 2.75) is 50.1 Å². The summed E-state index contributed by atoms with van der Waals surface area (Å²) < 4.78 is 7.35. The standard InChI is InChI=1S/C24H25N5O2S2/c1-13-6-9-17-18(10-13)33-23-20(17)22-27-28-24(29(22)21(26-23)14-7-8-14)32-12-19(30)25-15-4-3-5-16(11-15)31-2/h3-5,11,13-14H,6-10,12H2,1-2H3,(H,25,30)/t13-/m1/s1. The molecule has 3 aromatic heterocycles. The van der Waals surface area contributed by atoms with Gasteiger partial charge in [0.05, 0.1) is 18.2 Å². The number of anilines is 1. The molecule has 0 spiro atoms. The minimum Gasteiger partial charge on any atom is -0.497 e. The third-order valence-corrected chi connectivity index (χ3v) is 8.50. The smallest absolute Gasteiger partial charge is 0.234 e. The molecule has 1 N–H and O–H groups in total. The number of rotatable bonds is 6. The molecule has 0 unspecified atom stereocenters. The van der Waals surface area contributed by atoms with Crippen LogP contribution in [0.25, 0.3) is 15.9 Å². The summed E-state index contributed by atoms with van der Waals surface area (Å²) in [5, 5.41) is 14.0. The summed E-state index contributed by atoms with van der Waals surface area (Å²) in [6, 6.07) is 7.36. The number of carbonyl (C=O) groups excluding carboxylic acids is 1. The maximum atomic E-state index is 12.6. The maximum absolute atomic E-state index is 12.6. The molecule has 7 nitrogen and oxygen atoms in total. The second-order valence-corrected chi connectivity index (χ2v) is 11.0. The third-order valence-electron chi connectivity index (χ3n) is 6.42. The molecule has 3 heterocycles. The number of carbonyl (C=O) groups is 1. The number of methoxy groups -OCH3 is 1. The molecular formula is C24H25N5O2S2. The molecule has 0 aliphatic heterocycles. The van der Waals surface area contributed by atoms with Crippen LogP contribution in [0.1, 0.15) is 48.4 Å². The zero-order chi connectivity index (χ0) is 22.5. The van der Waals surface area contributed by atoms with Crippen LogP contribution in [0.15, 0.2) is 29.4 Å². The number of fused-ring (bicyclic) bond motifs is 5. The van der Waals surface area contributed by atoms with Crippen molar-refractivity contribution in [1.29, 1.82) is 0 Å². The van der Waals surface area contributed by atoms with Gasteiger partial charge in [0.1, 0.15) is 16.4 Å². The summed E-state index contributed by atoms with van der Waals surface area (Å²) >= 11 is 3.25. The first-order chi connectivity index (χ1) is 16.1. The summed E-state index contributed by atoms with van der Waals surface area (Å²) in [4.78, 5) is 20.3. The second-order valence-electron chi connectivity index (χ2n) is 8.99. The van der Waals surface area contributed by atoms with Crippen molar-refractivity contribution in [3.63, 3.8) is 0 Å². The van der Waals surface area contributed by atoms with Gasteiger partial charge in [-0.25, -0.2) is 4.98 Å². The molecule has 1 fully saturated rings. The molecular weight excluding hydrogens is 454 g/mol. The average molecular weight is 480 g/mol. The molecule has 2 aliphatic carbocycles. The predicted molar refractivity (Wildman–Crippen MR) is 132 cm³/mol. The molecule has 1 amide bonds. The Balaban J connectivity index is 1.31. The van der Waals surface area contributed by atoms with Crippen LogP contribution >= 0.6 is 23.1 Å². The Morgan fingerprint density at radius 1 is 1.30 bits per heavy atom. The Bertz CT molecular complexity index is 1370. The Morgan fingerprint density at radius 3 is 3.00 bits per heavy atom. The van der Waals surface area contributed by atoms with E-state index in [-0.39, 0.29) is 11.7 Å². The molecule has 170 valence electrons. The molecule has 1 atom stereocenters. The fourth-order valence-corrected chi connectivity index (χ4v) is 6.70. The van der Waals surface area contributed by atoms with Crippen molar-refractivity contribution in [3.05, 3.63) is 40.5 Å². The van der Waals surface area contributed by atoms with E-state index in [1.165, 1.54) is 34.0 Å². The van der Waals surface area contributed by atoms with Crippen molar-refractivity contribution < 1.29 is 9.53 Å². The quantitative estimate of drug-likeness (QED) is 0.389. The minimum atomic E-state index is -0.0890. The topological polar surface area (TPSA) is 81.4 Å². The van der Waals surface area contributed by atoms with Gasteiger partial charge < -0.3 is 10.1 Å². The van der Waals surface area contributed by atoms with E-state index in [2.05, 4.69) is 26.8 Å². The fraction of sp³-hybridized carbons (Fsp3) is 0.417. The molecule has 1 aromatic carbocycles. The lowest BCUT2D eigenvalue weighted by molar-refractivity contribution is -0.113. The van der Waals surface area contributed by atoms with Crippen molar-refractivity contribution in [3.8, 4) is 5.75 Å². The van der Waals surface area contributed by atoms with Gasteiger partial charge in [-0.15, -0.1) is 21.5 Å². The van der Waals surface area contributed by atoms with Crippen LogP contribution in [-0.4, -0.2) is 38.4 Å². The van der Waals surface area contributed by atoms with Gasteiger partial charge in [0.2, 0.25) is 5.91 Å². The number of hydrogen-bond acceptors (Lipinski definition) is 7. The molecule has 0 bridgehead atoms. The maximum Gasteiger partial charge on any atom is 0.234 e. The molecule has 4 aromatic rings. The number of ether oxygens (including phenoxy) is 1. The highest BCUT2D eigenvalue weighted by Gasteiger charge is 2.32.